The SMILES string of the molecule is C[C@H](c1ccccc1)N(C)C(=O)c1ccc(Br)cc1NS(=O)(=O)c1cccc2nccnc12. The van der Waals surface area contributed by atoms with Crippen LogP contribution in [-0.4, -0.2) is 36.2 Å². The van der Waals surface area contributed by atoms with E-state index in [2.05, 4.69) is 30.6 Å². The molecule has 0 fully saturated rings. The number of carbonyl (C=O) groups excluding carboxylic acids is 1. The molecule has 0 aliphatic heterocycles. The molecule has 0 saturated carbocycles. The lowest BCUT2D eigenvalue weighted by Gasteiger charge is -2.26. The van der Waals surface area contributed by atoms with E-state index in [1.54, 1.807) is 42.3 Å². The van der Waals surface area contributed by atoms with Gasteiger partial charge in [0, 0.05) is 23.9 Å². The maximum Gasteiger partial charge on any atom is 0.264 e. The number of rotatable bonds is 6. The predicted molar refractivity (Wildman–Crippen MR) is 131 cm³/mol. The summed E-state index contributed by atoms with van der Waals surface area (Å²) in [4.78, 5) is 23.3. The Morgan fingerprint density at radius 2 is 1.73 bits per heavy atom. The smallest absolute Gasteiger partial charge is 0.264 e. The van der Waals surface area contributed by atoms with Gasteiger partial charge in [0.2, 0.25) is 0 Å². The Balaban J connectivity index is 1.71. The van der Waals surface area contributed by atoms with E-state index in [0.29, 0.717) is 9.99 Å². The molecule has 0 unspecified atom stereocenters. The van der Waals surface area contributed by atoms with E-state index in [-0.39, 0.29) is 33.6 Å². The minimum Gasteiger partial charge on any atom is -0.335 e. The van der Waals surface area contributed by atoms with Gasteiger partial charge in [-0.15, -0.1) is 0 Å². The lowest BCUT2D eigenvalue weighted by atomic mass is 10.1. The van der Waals surface area contributed by atoms with Crippen LogP contribution in [0.15, 0.2) is 88.5 Å². The van der Waals surface area contributed by atoms with Gasteiger partial charge in [-0.2, -0.15) is 0 Å². The largest absolute Gasteiger partial charge is 0.335 e. The summed E-state index contributed by atoms with van der Waals surface area (Å²) in [6.45, 7) is 1.92. The second-order valence-electron chi connectivity index (χ2n) is 7.48. The van der Waals surface area contributed by atoms with E-state index < -0.39 is 10.0 Å². The van der Waals surface area contributed by atoms with Crippen LogP contribution in [0.5, 0.6) is 0 Å². The number of nitrogens with zero attached hydrogens (tertiary/aromatic N) is 3. The molecule has 0 spiro atoms. The maximum atomic E-state index is 13.4. The van der Waals surface area contributed by atoms with Crippen LogP contribution in [-0.2, 0) is 10.0 Å². The third kappa shape index (κ3) is 4.74. The predicted octanol–water partition coefficient (Wildman–Crippen LogP) is 5.03. The molecule has 0 aliphatic carbocycles. The van der Waals surface area contributed by atoms with E-state index in [0.717, 1.165) is 5.56 Å². The van der Waals surface area contributed by atoms with Gasteiger partial charge >= 0.3 is 0 Å². The number of carbonyl (C=O) groups is 1. The van der Waals surface area contributed by atoms with Crippen molar-refractivity contribution < 1.29 is 13.2 Å². The van der Waals surface area contributed by atoms with Crippen molar-refractivity contribution in [3.8, 4) is 0 Å². The van der Waals surface area contributed by atoms with Crippen LogP contribution in [0.3, 0.4) is 0 Å². The molecule has 0 saturated heterocycles. The lowest BCUT2D eigenvalue weighted by Crippen LogP contribution is -2.30. The maximum absolute atomic E-state index is 13.4. The first kappa shape index (κ1) is 22.9. The highest BCUT2D eigenvalue weighted by Crippen LogP contribution is 2.29. The molecule has 33 heavy (non-hydrogen) atoms. The number of sulfonamides is 1. The number of halogens is 1. The zero-order valence-corrected chi connectivity index (χ0v) is 20.3. The number of aromatic nitrogens is 2. The zero-order valence-electron chi connectivity index (χ0n) is 17.9. The third-order valence-electron chi connectivity index (χ3n) is 5.39. The molecule has 1 heterocycles. The molecule has 4 aromatic rings. The molecule has 9 heteroatoms. The van der Waals surface area contributed by atoms with Crippen molar-refractivity contribution in [3.63, 3.8) is 0 Å². The van der Waals surface area contributed by atoms with E-state index in [1.807, 2.05) is 37.3 Å². The van der Waals surface area contributed by atoms with Crippen molar-refractivity contribution >= 4 is 48.6 Å². The van der Waals surface area contributed by atoms with E-state index in [9.17, 15) is 13.2 Å². The molecule has 1 amide bonds. The Bertz CT molecular complexity index is 1420. The molecular formula is C24H21BrN4O3S. The summed E-state index contributed by atoms with van der Waals surface area (Å²) < 4.78 is 29.8. The monoisotopic (exact) mass is 524 g/mol. The number of fused-ring (bicyclic) bond motifs is 1. The average Bonchev–Trinajstić information content (AvgIpc) is 2.82. The number of benzene rings is 3. The van der Waals surface area contributed by atoms with Gasteiger partial charge in [0.25, 0.3) is 15.9 Å². The summed E-state index contributed by atoms with van der Waals surface area (Å²) in [6, 6.07) is 19.1. The number of hydrogen-bond acceptors (Lipinski definition) is 5. The van der Waals surface area contributed by atoms with Gasteiger partial charge in [-0.3, -0.25) is 19.5 Å². The molecule has 1 atom stereocenters. The third-order valence-corrected chi connectivity index (χ3v) is 7.28. The van der Waals surface area contributed by atoms with Crippen LogP contribution in [0.1, 0.15) is 28.9 Å². The van der Waals surface area contributed by atoms with Crippen molar-refractivity contribution in [1.82, 2.24) is 14.9 Å². The van der Waals surface area contributed by atoms with Crippen LogP contribution in [0.2, 0.25) is 0 Å². The van der Waals surface area contributed by atoms with Crippen LogP contribution < -0.4 is 4.72 Å². The molecule has 3 aromatic carbocycles. The molecule has 0 bridgehead atoms. The number of nitrogens with one attached hydrogen (secondary N) is 1. The Morgan fingerprint density at radius 3 is 2.48 bits per heavy atom. The fraction of sp³-hybridized carbons (Fsp3) is 0.125. The van der Waals surface area contributed by atoms with Gasteiger partial charge in [-0.1, -0.05) is 52.3 Å². The molecule has 4 rings (SSSR count). The first-order valence-electron chi connectivity index (χ1n) is 10.1. The summed E-state index contributed by atoms with van der Waals surface area (Å²) in [6.07, 6.45) is 2.94. The molecule has 0 aliphatic rings. The lowest BCUT2D eigenvalue weighted by molar-refractivity contribution is 0.0743. The zero-order chi connectivity index (χ0) is 23.6. The number of amides is 1. The van der Waals surface area contributed by atoms with Crippen molar-refractivity contribution in [1.29, 1.82) is 0 Å². The van der Waals surface area contributed by atoms with Gasteiger partial charge in [-0.05, 0) is 42.8 Å². The highest BCUT2D eigenvalue weighted by molar-refractivity contribution is 9.10. The van der Waals surface area contributed by atoms with E-state index in [1.165, 1.54) is 18.5 Å². The highest BCUT2D eigenvalue weighted by Gasteiger charge is 2.25. The molecule has 1 N–H and O–H groups in total. The highest BCUT2D eigenvalue weighted by atomic mass is 79.9. The Kier molecular flexibility index (Phi) is 6.44. The van der Waals surface area contributed by atoms with Crippen LogP contribution in [0.4, 0.5) is 5.69 Å². The average molecular weight is 525 g/mol. The first-order valence-corrected chi connectivity index (χ1v) is 12.4. The van der Waals surface area contributed by atoms with Gasteiger partial charge in [-0.25, -0.2) is 8.42 Å². The summed E-state index contributed by atoms with van der Waals surface area (Å²) in [7, 11) is -2.36. The molecule has 1 aromatic heterocycles. The minimum atomic E-state index is -4.05. The number of hydrogen-bond donors (Lipinski definition) is 1. The normalized spacial score (nSPS) is 12.3. The van der Waals surface area contributed by atoms with E-state index >= 15 is 0 Å². The van der Waals surface area contributed by atoms with Gasteiger partial charge < -0.3 is 4.90 Å². The second-order valence-corrected chi connectivity index (χ2v) is 10.0. The van der Waals surface area contributed by atoms with Crippen molar-refractivity contribution in [2.24, 2.45) is 0 Å². The Hall–Kier alpha value is -3.30. The topological polar surface area (TPSA) is 92.3 Å². The summed E-state index contributed by atoms with van der Waals surface area (Å²) in [5, 5.41) is 0. The van der Waals surface area contributed by atoms with Crippen molar-refractivity contribution in [3.05, 3.63) is 94.7 Å². The minimum absolute atomic E-state index is 0.0162. The summed E-state index contributed by atoms with van der Waals surface area (Å²) in [5.74, 6) is -0.311. The number of anilines is 1. The second kappa shape index (κ2) is 9.29. The quantitative estimate of drug-likeness (QED) is 0.382. The number of para-hydroxylation sites is 1. The Labute approximate surface area is 200 Å². The first-order chi connectivity index (χ1) is 15.8. The fourth-order valence-corrected chi connectivity index (χ4v) is 5.09. The van der Waals surface area contributed by atoms with Crippen molar-refractivity contribution in [2.75, 3.05) is 11.8 Å². The van der Waals surface area contributed by atoms with Gasteiger partial charge in [0.15, 0.2) is 0 Å². The van der Waals surface area contributed by atoms with Crippen LogP contribution >= 0.6 is 15.9 Å². The van der Waals surface area contributed by atoms with Gasteiger partial charge in [0.05, 0.1) is 22.8 Å². The fourth-order valence-electron chi connectivity index (χ4n) is 3.49. The van der Waals surface area contributed by atoms with Gasteiger partial charge in [0.1, 0.15) is 10.4 Å². The molecule has 168 valence electrons. The standard InChI is InChI=1S/C24H21BrN4O3S/c1-16(17-7-4-3-5-8-17)29(2)24(30)19-12-11-18(25)15-21(19)28-33(31,32)22-10-6-9-20-23(22)27-14-13-26-20/h3-16,28H,1-2H3/t16-/m1/s1. The van der Waals surface area contributed by atoms with Crippen LogP contribution in [0.25, 0.3) is 11.0 Å². The molecule has 7 nitrogen and oxygen atoms in total. The van der Waals surface area contributed by atoms with E-state index in [4.69, 9.17) is 0 Å². The molecular weight excluding hydrogens is 504 g/mol. The molecule has 0 radical (unpaired) electrons. The summed E-state index contributed by atoms with van der Waals surface area (Å²) >= 11 is 3.37. The summed E-state index contributed by atoms with van der Waals surface area (Å²) in [5.41, 5.74) is 2.09. The van der Waals surface area contributed by atoms with Crippen LogP contribution in [0, 0.1) is 0 Å². The Morgan fingerprint density at radius 1 is 1.00 bits per heavy atom. The van der Waals surface area contributed by atoms with Crippen molar-refractivity contribution in [2.45, 2.75) is 17.9 Å².